The van der Waals surface area contributed by atoms with Crippen LogP contribution in [0.4, 0.5) is 0 Å². The summed E-state index contributed by atoms with van der Waals surface area (Å²) in [6.07, 6.45) is 1.38. The van der Waals surface area contributed by atoms with E-state index in [1.54, 1.807) is 37.3 Å². The van der Waals surface area contributed by atoms with Crippen molar-refractivity contribution in [3.8, 4) is 11.5 Å². The van der Waals surface area contributed by atoms with Crippen molar-refractivity contribution in [1.82, 2.24) is 5.43 Å². The van der Waals surface area contributed by atoms with E-state index in [-0.39, 0.29) is 33.6 Å². The van der Waals surface area contributed by atoms with E-state index in [2.05, 4.69) is 10.5 Å². The first kappa shape index (κ1) is 24.6. The van der Waals surface area contributed by atoms with Crippen molar-refractivity contribution in [3.63, 3.8) is 0 Å². The lowest BCUT2D eigenvalue weighted by atomic mass is 10.2. The van der Waals surface area contributed by atoms with E-state index < -0.39 is 16.0 Å². The monoisotopic (exact) mass is 506 g/mol. The maximum Gasteiger partial charge on any atom is 0.339 e. The van der Waals surface area contributed by atoms with Crippen LogP contribution in [-0.4, -0.2) is 27.1 Å². The summed E-state index contributed by atoms with van der Waals surface area (Å²) in [6.45, 7) is 3.90. The number of amides is 1. The predicted molar refractivity (Wildman–Crippen MR) is 128 cm³/mol. The molecule has 0 aliphatic carbocycles. The zero-order chi connectivity index (χ0) is 24.0. The number of nitrogens with one attached hydrogen (secondary N) is 1. The summed E-state index contributed by atoms with van der Waals surface area (Å²) in [6, 6.07) is 15.4. The Balaban J connectivity index is 1.76. The van der Waals surface area contributed by atoms with Gasteiger partial charge in [0.2, 0.25) is 0 Å². The lowest BCUT2D eigenvalue weighted by Crippen LogP contribution is -2.18. The molecule has 0 fully saturated rings. The second-order valence-corrected chi connectivity index (χ2v) is 9.20. The Morgan fingerprint density at radius 3 is 2.42 bits per heavy atom. The molecule has 0 aromatic heterocycles. The molecule has 7 nitrogen and oxygen atoms in total. The van der Waals surface area contributed by atoms with Gasteiger partial charge in [-0.05, 0) is 67.9 Å². The van der Waals surface area contributed by atoms with Crippen molar-refractivity contribution in [2.45, 2.75) is 18.7 Å². The van der Waals surface area contributed by atoms with Gasteiger partial charge in [-0.25, -0.2) is 5.43 Å². The molecular formula is C23H20Cl2N2O5S. The van der Waals surface area contributed by atoms with E-state index in [9.17, 15) is 13.2 Å². The number of ether oxygens (including phenoxy) is 1. The van der Waals surface area contributed by atoms with Gasteiger partial charge in [-0.1, -0.05) is 40.9 Å². The molecule has 0 radical (unpaired) electrons. The number of hydrogen-bond acceptors (Lipinski definition) is 6. The minimum Gasteiger partial charge on any atom is -0.490 e. The molecule has 172 valence electrons. The fourth-order valence-corrected chi connectivity index (χ4v) is 4.15. The molecule has 10 heteroatoms. The number of benzene rings is 3. The number of carbonyl (C=O) groups excluding carboxylic acids is 1. The van der Waals surface area contributed by atoms with Crippen LogP contribution in [0.2, 0.25) is 10.0 Å². The topological polar surface area (TPSA) is 94.1 Å². The maximum atomic E-state index is 12.6. The number of carbonyl (C=O) groups is 1. The fourth-order valence-electron chi connectivity index (χ4n) is 2.71. The van der Waals surface area contributed by atoms with Gasteiger partial charge in [-0.2, -0.15) is 13.5 Å². The number of nitrogens with zero attached hydrogens (tertiary/aromatic N) is 1. The predicted octanol–water partition coefficient (Wildman–Crippen LogP) is 5.23. The van der Waals surface area contributed by atoms with Crippen LogP contribution in [0.25, 0.3) is 0 Å². The Labute approximate surface area is 202 Å². The van der Waals surface area contributed by atoms with Crippen LogP contribution in [0.3, 0.4) is 0 Å². The number of rotatable bonds is 8. The molecule has 1 N–H and O–H groups in total. The van der Waals surface area contributed by atoms with Crippen LogP contribution in [-0.2, 0) is 10.1 Å². The number of halogens is 2. The molecular weight excluding hydrogens is 487 g/mol. The third kappa shape index (κ3) is 6.47. The average molecular weight is 507 g/mol. The lowest BCUT2D eigenvalue weighted by Gasteiger charge is -2.12. The average Bonchev–Trinajstić information content (AvgIpc) is 2.75. The first-order chi connectivity index (χ1) is 15.7. The normalized spacial score (nSPS) is 11.4. The molecule has 0 bridgehead atoms. The van der Waals surface area contributed by atoms with Crippen LogP contribution >= 0.6 is 23.2 Å². The van der Waals surface area contributed by atoms with E-state index in [4.69, 9.17) is 32.1 Å². The van der Waals surface area contributed by atoms with E-state index >= 15 is 0 Å². The molecule has 0 spiro atoms. The summed E-state index contributed by atoms with van der Waals surface area (Å²) in [5.41, 5.74) is 4.07. The largest absolute Gasteiger partial charge is 0.490 e. The first-order valence-corrected chi connectivity index (χ1v) is 11.9. The smallest absolute Gasteiger partial charge is 0.339 e. The zero-order valence-electron chi connectivity index (χ0n) is 17.7. The van der Waals surface area contributed by atoms with Crippen molar-refractivity contribution in [1.29, 1.82) is 0 Å². The van der Waals surface area contributed by atoms with Crippen molar-refractivity contribution < 1.29 is 22.1 Å². The number of hydrazone groups is 1. The maximum absolute atomic E-state index is 12.6. The third-order valence-corrected chi connectivity index (χ3v) is 6.13. The molecule has 3 aromatic carbocycles. The molecule has 3 rings (SSSR count). The standard InChI is InChI=1S/C23H20Cl2N2O5S/c1-3-31-22-12-16(14-26-27-23(28)19-10-7-17(24)13-20(19)25)6-11-21(22)32-33(29,30)18-8-4-15(2)5-9-18/h4-14H,3H2,1-2H3,(H,27,28). The summed E-state index contributed by atoms with van der Waals surface area (Å²) in [5.74, 6) is -0.266. The summed E-state index contributed by atoms with van der Waals surface area (Å²) < 4.78 is 36.1. The molecule has 33 heavy (non-hydrogen) atoms. The quantitative estimate of drug-likeness (QED) is 0.256. The first-order valence-electron chi connectivity index (χ1n) is 9.76. The second kappa shape index (κ2) is 10.7. The van der Waals surface area contributed by atoms with Crippen molar-refractivity contribution >= 4 is 45.4 Å². The molecule has 0 aliphatic rings. The molecule has 0 heterocycles. The summed E-state index contributed by atoms with van der Waals surface area (Å²) in [5, 5.41) is 4.52. The van der Waals surface area contributed by atoms with Gasteiger partial charge in [0.1, 0.15) is 4.90 Å². The minimum absolute atomic E-state index is 0.0322. The highest BCUT2D eigenvalue weighted by Crippen LogP contribution is 2.31. The molecule has 0 atom stereocenters. The van der Waals surface area contributed by atoms with Crippen LogP contribution in [0.1, 0.15) is 28.4 Å². The van der Waals surface area contributed by atoms with E-state index in [0.29, 0.717) is 10.6 Å². The summed E-state index contributed by atoms with van der Waals surface area (Å²) in [7, 11) is -4.04. The van der Waals surface area contributed by atoms with Crippen molar-refractivity contribution in [3.05, 3.63) is 87.4 Å². The minimum atomic E-state index is -4.04. The van der Waals surface area contributed by atoms with Crippen molar-refractivity contribution in [2.24, 2.45) is 5.10 Å². The Hall–Kier alpha value is -3.07. The van der Waals surface area contributed by atoms with Crippen LogP contribution < -0.4 is 14.3 Å². The van der Waals surface area contributed by atoms with Gasteiger partial charge in [0.25, 0.3) is 5.91 Å². The zero-order valence-corrected chi connectivity index (χ0v) is 20.0. The van der Waals surface area contributed by atoms with Gasteiger partial charge in [0.05, 0.1) is 23.4 Å². The number of aryl methyl sites for hydroxylation is 1. The van der Waals surface area contributed by atoms with Gasteiger partial charge in [0, 0.05) is 5.02 Å². The molecule has 0 saturated heterocycles. The molecule has 0 saturated carbocycles. The van der Waals surface area contributed by atoms with E-state index in [0.717, 1.165) is 5.56 Å². The highest BCUT2D eigenvalue weighted by molar-refractivity contribution is 7.87. The van der Waals surface area contributed by atoms with E-state index in [1.807, 2.05) is 6.92 Å². The highest BCUT2D eigenvalue weighted by atomic mass is 35.5. The Morgan fingerprint density at radius 2 is 1.76 bits per heavy atom. The SMILES string of the molecule is CCOc1cc(C=NNC(=O)c2ccc(Cl)cc2Cl)ccc1OS(=O)(=O)c1ccc(C)cc1. The summed E-state index contributed by atoms with van der Waals surface area (Å²) in [4.78, 5) is 12.3. The van der Waals surface area contributed by atoms with Gasteiger partial charge >= 0.3 is 10.1 Å². The molecule has 0 aliphatic heterocycles. The van der Waals surface area contributed by atoms with Gasteiger partial charge in [-0.3, -0.25) is 4.79 Å². The fraction of sp³-hybridized carbons (Fsp3) is 0.130. The Kier molecular flexibility index (Phi) is 7.97. The van der Waals surface area contributed by atoms with Crippen LogP contribution in [0.5, 0.6) is 11.5 Å². The lowest BCUT2D eigenvalue weighted by molar-refractivity contribution is 0.0955. The Bertz CT molecular complexity index is 1290. The van der Waals surface area contributed by atoms with Crippen LogP contribution in [0.15, 0.2) is 70.7 Å². The second-order valence-electron chi connectivity index (χ2n) is 6.81. The van der Waals surface area contributed by atoms with Gasteiger partial charge < -0.3 is 8.92 Å². The highest BCUT2D eigenvalue weighted by Gasteiger charge is 2.19. The van der Waals surface area contributed by atoms with Gasteiger partial charge in [0.15, 0.2) is 11.5 Å². The third-order valence-electron chi connectivity index (χ3n) is 4.33. The number of hydrogen-bond donors (Lipinski definition) is 1. The van der Waals surface area contributed by atoms with E-state index in [1.165, 1.54) is 36.5 Å². The summed E-state index contributed by atoms with van der Waals surface area (Å²) >= 11 is 11.9. The van der Waals surface area contributed by atoms with Crippen LogP contribution in [0, 0.1) is 6.92 Å². The molecule has 1 amide bonds. The molecule has 0 unspecified atom stereocenters. The van der Waals surface area contributed by atoms with Gasteiger partial charge in [-0.15, -0.1) is 0 Å². The molecule has 3 aromatic rings. The van der Waals surface area contributed by atoms with Crippen molar-refractivity contribution in [2.75, 3.05) is 6.61 Å². The Morgan fingerprint density at radius 1 is 1.03 bits per heavy atom.